The van der Waals surface area contributed by atoms with Gasteiger partial charge < -0.3 is 5.32 Å². The van der Waals surface area contributed by atoms with Crippen LogP contribution in [-0.2, 0) is 10.0 Å². The van der Waals surface area contributed by atoms with E-state index in [2.05, 4.69) is 5.32 Å². The molecular weight excluding hydrogens is 372 g/mol. The van der Waals surface area contributed by atoms with E-state index in [0.717, 1.165) is 11.1 Å². The number of carbonyl (C=O) groups excluding carboxylic acids is 1. The van der Waals surface area contributed by atoms with Gasteiger partial charge in [0.2, 0.25) is 0 Å². The third kappa shape index (κ3) is 4.07. The first-order valence-corrected chi connectivity index (χ1v) is 10.3. The molecule has 0 heterocycles. The number of rotatable bonds is 5. The lowest BCUT2D eigenvalue weighted by atomic mass is 10.1. The summed E-state index contributed by atoms with van der Waals surface area (Å²) in [4.78, 5) is 12.7. The van der Waals surface area contributed by atoms with Gasteiger partial charge >= 0.3 is 0 Å². The van der Waals surface area contributed by atoms with Crippen molar-refractivity contribution in [1.82, 2.24) is 0 Å². The van der Waals surface area contributed by atoms with Gasteiger partial charge in [-0.25, -0.2) is 8.42 Å². The zero-order chi connectivity index (χ0) is 20.3. The molecule has 0 spiro atoms. The molecule has 0 aliphatic rings. The molecule has 1 amide bonds. The average molecular weight is 394 g/mol. The number of anilines is 2. The van der Waals surface area contributed by atoms with Crippen LogP contribution in [0.3, 0.4) is 0 Å². The van der Waals surface area contributed by atoms with E-state index in [4.69, 9.17) is 0 Å². The van der Waals surface area contributed by atoms with Crippen molar-refractivity contribution in [2.75, 3.05) is 16.7 Å². The third-order valence-corrected chi connectivity index (χ3v) is 6.29. The van der Waals surface area contributed by atoms with Gasteiger partial charge in [-0.05, 0) is 61.4 Å². The van der Waals surface area contributed by atoms with Crippen molar-refractivity contribution in [3.63, 3.8) is 0 Å². The van der Waals surface area contributed by atoms with Gasteiger partial charge in [-0.1, -0.05) is 36.4 Å². The number of carbonyl (C=O) groups is 1. The predicted molar refractivity (Wildman–Crippen MR) is 112 cm³/mol. The summed E-state index contributed by atoms with van der Waals surface area (Å²) in [5, 5.41) is 2.83. The maximum atomic E-state index is 13.0. The van der Waals surface area contributed by atoms with Crippen molar-refractivity contribution in [3.05, 3.63) is 89.5 Å². The third-order valence-electron chi connectivity index (χ3n) is 4.51. The Hall–Kier alpha value is -3.12. The summed E-state index contributed by atoms with van der Waals surface area (Å²) in [6, 6.07) is 20.7. The van der Waals surface area contributed by atoms with E-state index in [-0.39, 0.29) is 16.4 Å². The summed E-state index contributed by atoms with van der Waals surface area (Å²) < 4.78 is 27.3. The van der Waals surface area contributed by atoms with Crippen LogP contribution in [0.5, 0.6) is 0 Å². The van der Waals surface area contributed by atoms with Crippen LogP contribution in [0.15, 0.2) is 77.7 Å². The molecule has 0 aliphatic heterocycles. The number of nitrogens with zero attached hydrogens (tertiary/aromatic N) is 1. The Balaban J connectivity index is 1.89. The van der Waals surface area contributed by atoms with Crippen molar-refractivity contribution in [2.45, 2.75) is 18.7 Å². The number of hydrogen-bond donors (Lipinski definition) is 1. The number of hydrogen-bond acceptors (Lipinski definition) is 3. The van der Waals surface area contributed by atoms with Gasteiger partial charge in [-0.3, -0.25) is 9.10 Å². The van der Waals surface area contributed by atoms with E-state index in [0.29, 0.717) is 11.4 Å². The summed E-state index contributed by atoms with van der Waals surface area (Å²) in [6.45, 7) is 3.80. The van der Waals surface area contributed by atoms with Crippen LogP contribution < -0.4 is 9.62 Å². The number of aryl methyl sites for hydroxylation is 2. The van der Waals surface area contributed by atoms with Gasteiger partial charge in [0.1, 0.15) is 0 Å². The second-order valence-electron chi connectivity index (χ2n) is 6.61. The highest BCUT2D eigenvalue weighted by molar-refractivity contribution is 7.92. The summed E-state index contributed by atoms with van der Waals surface area (Å²) in [5.74, 6) is -0.357. The number of benzene rings is 3. The summed E-state index contributed by atoms with van der Waals surface area (Å²) in [6.07, 6.45) is 0. The Bertz CT molecular complexity index is 1120. The fourth-order valence-corrected chi connectivity index (χ4v) is 4.06. The number of amides is 1. The molecule has 3 rings (SSSR count). The lowest BCUT2D eigenvalue weighted by Crippen LogP contribution is -2.27. The SMILES string of the molecule is Cc1cccc(N(C)S(=O)(=O)c2cccc(C(=O)Nc3ccccc3C)c2)c1. The van der Waals surface area contributed by atoms with E-state index in [9.17, 15) is 13.2 Å². The molecule has 0 bridgehead atoms. The maximum absolute atomic E-state index is 13.0. The topological polar surface area (TPSA) is 66.5 Å². The van der Waals surface area contributed by atoms with Crippen molar-refractivity contribution >= 4 is 27.3 Å². The van der Waals surface area contributed by atoms with Crippen molar-refractivity contribution in [1.29, 1.82) is 0 Å². The van der Waals surface area contributed by atoms with E-state index in [1.165, 1.54) is 23.5 Å². The zero-order valence-electron chi connectivity index (χ0n) is 16.0. The maximum Gasteiger partial charge on any atom is 0.264 e. The molecule has 0 saturated heterocycles. The summed E-state index contributed by atoms with van der Waals surface area (Å²) in [7, 11) is -2.29. The minimum atomic E-state index is -3.79. The van der Waals surface area contributed by atoms with E-state index in [1.54, 1.807) is 30.3 Å². The van der Waals surface area contributed by atoms with Gasteiger partial charge in [0.05, 0.1) is 10.6 Å². The smallest absolute Gasteiger partial charge is 0.264 e. The van der Waals surface area contributed by atoms with Crippen LogP contribution in [-0.4, -0.2) is 21.4 Å². The van der Waals surface area contributed by atoms with Crippen LogP contribution in [0.25, 0.3) is 0 Å². The molecule has 0 unspecified atom stereocenters. The van der Waals surface area contributed by atoms with E-state index >= 15 is 0 Å². The number of sulfonamides is 1. The monoisotopic (exact) mass is 394 g/mol. The van der Waals surface area contributed by atoms with E-state index in [1.807, 2.05) is 44.2 Å². The highest BCUT2D eigenvalue weighted by Crippen LogP contribution is 2.24. The quantitative estimate of drug-likeness (QED) is 0.698. The Morgan fingerprint density at radius 3 is 2.32 bits per heavy atom. The molecule has 6 heteroatoms. The standard InChI is InChI=1S/C22H22N2O3S/c1-16-8-6-11-19(14-16)24(3)28(26,27)20-12-7-10-18(15-20)22(25)23-21-13-5-4-9-17(21)2/h4-15H,1-3H3,(H,23,25). The zero-order valence-corrected chi connectivity index (χ0v) is 16.8. The Kier molecular flexibility index (Phi) is 5.51. The highest BCUT2D eigenvalue weighted by Gasteiger charge is 2.22. The summed E-state index contributed by atoms with van der Waals surface area (Å²) >= 11 is 0. The van der Waals surface area contributed by atoms with Crippen molar-refractivity contribution in [2.24, 2.45) is 0 Å². The molecule has 144 valence electrons. The molecule has 1 N–H and O–H groups in total. The van der Waals surface area contributed by atoms with E-state index < -0.39 is 10.0 Å². The first-order valence-electron chi connectivity index (χ1n) is 8.82. The fourth-order valence-electron chi connectivity index (χ4n) is 2.83. The fraction of sp³-hybridized carbons (Fsp3) is 0.136. The molecule has 0 fully saturated rings. The minimum absolute atomic E-state index is 0.0638. The molecule has 0 saturated carbocycles. The van der Waals surface area contributed by atoms with Gasteiger partial charge in [-0.2, -0.15) is 0 Å². The number of nitrogens with one attached hydrogen (secondary N) is 1. The largest absolute Gasteiger partial charge is 0.322 e. The normalized spacial score (nSPS) is 11.1. The number of para-hydroxylation sites is 1. The Labute approximate surface area is 165 Å². The van der Waals surface area contributed by atoms with Crippen LogP contribution in [0.2, 0.25) is 0 Å². The minimum Gasteiger partial charge on any atom is -0.322 e. The molecule has 3 aromatic rings. The van der Waals surface area contributed by atoms with Gasteiger partial charge in [-0.15, -0.1) is 0 Å². The Morgan fingerprint density at radius 1 is 0.893 bits per heavy atom. The van der Waals surface area contributed by atoms with Gasteiger partial charge in [0.25, 0.3) is 15.9 Å². The summed E-state index contributed by atoms with van der Waals surface area (Å²) in [5.41, 5.74) is 3.43. The van der Waals surface area contributed by atoms with Crippen LogP contribution in [0, 0.1) is 13.8 Å². The molecule has 3 aromatic carbocycles. The van der Waals surface area contributed by atoms with Crippen molar-refractivity contribution < 1.29 is 13.2 Å². The average Bonchev–Trinajstić information content (AvgIpc) is 2.69. The Morgan fingerprint density at radius 2 is 1.61 bits per heavy atom. The van der Waals surface area contributed by atoms with Crippen LogP contribution in [0.1, 0.15) is 21.5 Å². The van der Waals surface area contributed by atoms with Gasteiger partial charge in [0.15, 0.2) is 0 Å². The van der Waals surface area contributed by atoms with Crippen LogP contribution in [0.4, 0.5) is 11.4 Å². The molecular formula is C22H22N2O3S. The highest BCUT2D eigenvalue weighted by atomic mass is 32.2. The first kappa shape index (κ1) is 19.6. The molecule has 0 atom stereocenters. The molecule has 0 radical (unpaired) electrons. The molecule has 5 nitrogen and oxygen atoms in total. The molecule has 0 aromatic heterocycles. The molecule has 28 heavy (non-hydrogen) atoms. The first-order chi connectivity index (χ1) is 13.3. The van der Waals surface area contributed by atoms with Crippen molar-refractivity contribution in [3.8, 4) is 0 Å². The predicted octanol–water partition coefficient (Wildman–Crippen LogP) is 4.38. The lowest BCUT2D eigenvalue weighted by Gasteiger charge is -2.20. The second kappa shape index (κ2) is 7.86. The van der Waals surface area contributed by atoms with Gasteiger partial charge in [0, 0.05) is 18.3 Å². The second-order valence-corrected chi connectivity index (χ2v) is 8.58. The van der Waals surface area contributed by atoms with Crippen LogP contribution >= 0.6 is 0 Å². The molecule has 0 aliphatic carbocycles. The lowest BCUT2D eigenvalue weighted by molar-refractivity contribution is 0.102.